The van der Waals surface area contributed by atoms with Gasteiger partial charge in [0.2, 0.25) is 15.9 Å². The molecule has 1 aromatic carbocycles. The smallest absolute Gasteiger partial charge is 0.253 e. The van der Waals surface area contributed by atoms with Crippen molar-refractivity contribution in [3.8, 4) is 0 Å². The topological polar surface area (TPSA) is 130 Å². The molecule has 0 aromatic heterocycles. The molecule has 1 aromatic rings. The Labute approximate surface area is 160 Å². The molecule has 0 aliphatic heterocycles. The van der Waals surface area contributed by atoms with Crippen LogP contribution in [0.25, 0.3) is 0 Å². The van der Waals surface area contributed by atoms with Gasteiger partial charge in [-0.05, 0) is 31.0 Å². The van der Waals surface area contributed by atoms with E-state index < -0.39 is 21.5 Å². The summed E-state index contributed by atoms with van der Waals surface area (Å²) < 4.78 is 25.3. The average Bonchev–Trinajstić information content (AvgIpc) is 2.52. The molecule has 8 nitrogen and oxygen atoms in total. The number of nitrogens with two attached hydrogens (primary N) is 1. The first-order valence-corrected chi connectivity index (χ1v) is 9.85. The summed E-state index contributed by atoms with van der Waals surface area (Å²) in [4.78, 5) is 23.8. The first-order valence-electron chi connectivity index (χ1n) is 7.96. The third-order valence-corrected chi connectivity index (χ3v) is 4.48. The summed E-state index contributed by atoms with van der Waals surface area (Å²) in [5.41, 5.74) is 6.27. The van der Waals surface area contributed by atoms with Gasteiger partial charge in [-0.2, -0.15) is 0 Å². The molecule has 0 aliphatic rings. The summed E-state index contributed by atoms with van der Waals surface area (Å²) in [6, 6.07) is 4.36. The Bertz CT molecular complexity index is 749. The van der Waals surface area contributed by atoms with Gasteiger partial charge in [0.1, 0.15) is 0 Å². The van der Waals surface area contributed by atoms with E-state index in [1.807, 2.05) is 13.8 Å². The number of rotatable bonds is 8. The van der Waals surface area contributed by atoms with Gasteiger partial charge in [-0.25, -0.2) is 8.42 Å². The van der Waals surface area contributed by atoms with Crippen LogP contribution in [0.5, 0.6) is 0 Å². The maximum atomic E-state index is 12.6. The van der Waals surface area contributed by atoms with Crippen molar-refractivity contribution in [3.63, 3.8) is 0 Å². The zero-order valence-corrected chi connectivity index (χ0v) is 17.0. The predicted octanol–water partition coefficient (Wildman–Crippen LogP) is 1.69. The Hall–Kier alpha value is -1.84. The highest BCUT2D eigenvalue weighted by atomic mass is 35.5. The van der Waals surface area contributed by atoms with Crippen LogP contribution < -0.4 is 21.1 Å². The van der Waals surface area contributed by atoms with Crippen molar-refractivity contribution in [3.05, 3.63) is 23.8 Å². The number of carbonyl (C=O) groups is 2. The largest absolute Gasteiger partial charge is 0.350 e. The van der Waals surface area contributed by atoms with Gasteiger partial charge in [-0.1, -0.05) is 13.8 Å². The lowest BCUT2D eigenvalue weighted by Gasteiger charge is -2.27. The molecule has 1 rings (SSSR count). The first kappa shape index (κ1) is 24.2. The number of nitrogens with one attached hydrogen (secondary N) is 3. The number of hydrogen-bond acceptors (Lipinski definition) is 5. The Kier molecular flexibility index (Phi) is 9.06. The molecule has 148 valence electrons. The molecule has 0 spiro atoms. The molecule has 0 heterocycles. The van der Waals surface area contributed by atoms with Crippen LogP contribution >= 0.6 is 12.4 Å². The van der Waals surface area contributed by atoms with Crippen molar-refractivity contribution in [2.24, 2.45) is 5.73 Å². The lowest BCUT2D eigenvalue weighted by molar-refractivity contribution is -0.114. The van der Waals surface area contributed by atoms with Crippen LogP contribution in [0.4, 0.5) is 11.4 Å². The van der Waals surface area contributed by atoms with Crippen molar-refractivity contribution in [1.29, 1.82) is 0 Å². The van der Waals surface area contributed by atoms with Gasteiger partial charge in [-0.15, -0.1) is 12.4 Å². The maximum Gasteiger partial charge on any atom is 0.253 e. The average molecular weight is 407 g/mol. The summed E-state index contributed by atoms with van der Waals surface area (Å²) in [5, 5.41) is 5.30. The molecular formula is C16H27ClN4O4S. The summed E-state index contributed by atoms with van der Waals surface area (Å²) >= 11 is 0. The zero-order chi connectivity index (χ0) is 19.3. The third kappa shape index (κ3) is 7.59. The number of hydrogen-bond donors (Lipinski definition) is 4. The van der Waals surface area contributed by atoms with Crippen LogP contribution in [-0.2, 0) is 14.8 Å². The van der Waals surface area contributed by atoms with Gasteiger partial charge < -0.3 is 16.4 Å². The molecule has 26 heavy (non-hydrogen) atoms. The first-order chi connectivity index (χ1) is 11.5. The van der Waals surface area contributed by atoms with E-state index in [4.69, 9.17) is 5.73 Å². The molecule has 2 amide bonds. The predicted molar refractivity (Wildman–Crippen MR) is 106 cm³/mol. The summed E-state index contributed by atoms with van der Waals surface area (Å²) in [5.74, 6) is -0.775. The van der Waals surface area contributed by atoms with Gasteiger partial charge >= 0.3 is 0 Å². The zero-order valence-electron chi connectivity index (χ0n) is 15.4. The number of anilines is 2. The van der Waals surface area contributed by atoms with Crippen LogP contribution in [-0.4, -0.2) is 38.6 Å². The molecule has 0 atom stereocenters. The Morgan fingerprint density at radius 3 is 2.23 bits per heavy atom. The molecule has 0 saturated heterocycles. The molecule has 0 bridgehead atoms. The molecule has 5 N–H and O–H groups in total. The van der Waals surface area contributed by atoms with Gasteiger partial charge in [0, 0.05) is 24.7 Å². The molecule has 0 unspecified atom stereocenters. The summed E-state index contributed by atoms with van der Waals surface area (Å²) in [6.07, 6.45) is 2.36. The lowest BCUT2D eigenvalue weighted by Crippen LogP contribution is -2.49. The highest BCUT2D eigenvalue weighted by molar-refractivity contribution is 7.92. The van der Waals surface area contributed by atoms with E-state index in [1.165, 1.54) is 25.1 Å². The second-order valence-corrected chi connectivity index (χ2v) is 7.82. The Morgan fingerprint density at radius 1 is 1.19 bits per heavy atom. The molecular weight excluding hydrogens is 380 g/mol. The maximum absolute atomic E-state index is 12.6. The second kappa shape index (κ2) is 9.75. The molecule has 0 saturated carbocycles. The number of amides is 2. The van der Waals surface area contributed by atoms with E-state index in [-0.39, 0.29) is 36.1 Å². The van der Waals surface area contributed by atoms with E-state index in [1.54, 1.807) is 0 Å². The summed E-state index contributed by atoms with van der Waals surface area (Å²) in [7, 11) is -3.56. The van der Waals surface area contributed by atoms with Gasteiger partial charge in [0.25, 0.3) is 5.91 Å². The van der Waals surface area contributed by atoms with Crippen LogP contribution in [0.15, 0.2) is 18.2 Å². The third-order valence-electron chi connectivity index (χ3n) is 3.89. The highest BCUT2D eigenvalue weighted by Gasteiger charge is 2.22. The van der Waals surface area contributed by atoms with Gasteiger partial charge in [-0.3, -0.25) is 14.3 Å². The van der Waals surface area contributed by atoms with E-state index in [0.29, 0.717) is 18.5 Å². The van der Waals surface area contributed by atoms with Crippen molar-refractivity contribution in [2.45, 2.75) is 39.2 Å². The minimum atomic E-state index is -3.56. The van der Waals surface area contributed by atoms with Crippen molar-refractivity contribution in [2.75, 3.05) is 22.8 Å². The molecule has 0 radical (unpaired) electrons. The monoisotopic (exact) mass is 406 g/mol. The fourth-order valence-corrected chi connectivity index (χ4v) is 2.73. The standard InChI is InChI=1S/C16H26N4O4S.ClH/c1-5-16(17,6-2)10-18-15(22)13-9-12(19-11(3)21)7-8-14(13)20-25(4,23)24;/h7-9,20H,5-6,10,17H2,1-4H3,(H,18,22)(H,19,21);1H. The van der Waals surface area contributed by atoms with Crippen molar-refractivity contribution in [1.82, 2.24) is 5.32 Å². The molecule has 10 heteroatoms. The Balaban J connectivity index is 0.00000625. The number of halogens is 1. The minimum Gasteiger partial charge on any atom is -0.350 e. The molecule has 0 fully saturated rings. The van der Waals surface area contributed by atoms with Crippen molar-refractivity contribution < 1.29 is 18.0 Å². The SMILES string of the molecule is CCC(N)(CC)CNC(=O)c1cc(NC(C)=O)ccc1NS(C)(=O)=O.Cl. The van der Waals surface area contributed by atoms with E-state index in [9.17, 15) is 18.0 Å². The van der Waals surface area contributed by atoms with E-state index >= 15 is 0 Å². The van der Waals surface area contributed by atoms with Crippen LogP contribution in [0.2, 0.25) is 0 Å². The van der Waals surface area contributed by atoms with E-state index in [2.05, 4.69) is 15.4 Å². The number of sulfonamides is 1. The minimum absolute atomic E-state index is 0. The van der Waals surface area contributed by atoms with Gasteiger partial charge in [0.05, 0.1) is 17.5 Å². The van der Waals surface area contributed by atoms with Crippen molar-refractivity contribution >= 4 is 45.6 Å². The number of carbonyl (C=O) groups excluding carboxylic acids is 2. The lowest BCUT2D eigenvalue weighted by atomic mass is 9.94. The second-order valence-electron chi connectivity index (χ2n) is 6.07. The fourth-order valence-electron chi connectivity index (χ4n) is 2.15. The Morgan fingerprint density at radius 2 is 1.77 bits per heavy atom. The summed E-state index contributed by atoms with van der Waals surface area (Å²) in [6.45, 7) is 5.46. The highest BCUT2D eigenvalue weighted by Crippen LogP contribution is 2.22. The van der Waals surface area contributed by atoms with E-state index in [0.717, 1.165) is 6.26 Å². The number of benzene rings is 1. The quantitative estimate of drug-likeness (QED) is 0.521. The van der Waals surface area contributed by atoms with Gasteiger partial charge in [0.15, 0.2) is 0 Å². The van der Waals surface area contributed by atoms with Crippen LogP contribution in [0, 0.1) is 0 Å². The fraction of sp³-hybridized carbons (Fsp3) is 0.500. The van der Waals surface area contributed by atoms with Crippen LogP contribution in [0.1, 0.15) is 44.0 Å². The molecule has 0 aliphatic carbocycles. The van der Waals surface area contributed by atoms with Crippen LogP contribution in [0.3, 0.4) is 0 Å². The normalized spacial score (nSPS) is 11.3.